The van der Waals surface area contributed by atoms with Gasteiger partial charge in [0.2, 0.25) is 0 Å². The number of benzene rings is 1. The van der Waals surface area contributed by atoms with Gasteiger partial charge in [-0.3, -0.25) is 4.79 Å². The first-order chi connectivity index (χ1) is 7.18. The monoisotopic (exact) mass is 200 g/mol. The standard InChI is InChI=1S/C14H16O/c1-14(9-7-13(15)8-10-14)11-12-5-3-2-4-6-12/h2-7,9H,8,10-11H2,1H3/t14-/m1/s1. The zero-order valence-corrected chi connectivity index (χ0v) is 9.07. The molecule has 1 aromatic rings. The molecule has 0 radical (unpaired) electrons. The topological polar surface area (TPSA) is 17.1 Å². The van der Waals surface area contributed by atoms with Crippen LogP contribution >= 0.6 is 0 Å². The van der Waals surface area contributed by atoms with Crippen LogP contribution in [0.1, 0.15) is 25.3 Å². The van der Waals surface area contributed by atoms with Crippen LogP contribution in [0.4, 0.5) is 0 Å². The van der Waals surface area contributed by atoms with Gasteiger partial charge in [0.1, 0.15) is 0 Å². The Labute approximate surface area is 90.8 Å². The fourth-order valence-electron chi connectivity index (χ4n) is 2.08. The van der Waals surface area contributed by atoms with Gasteiger partial charge in [-0.25, -0.2) is 0 Å². The minimum absolute atomic E-state index is 0.162. The summed E-state index contributed by atoms with van der Waals surface area (Å²) in [5.74, 6) is 0.264. The molecule has 0 amide bonds. The minimum Gasteiger partial charge on any atom is -0.295 e. The Morgan fingerprint density at radius 1 is 1.27 bits per heavy atom. The predicted molar refractivity (Wildman–Crippen MR) is 61.6 cm³/mol. The molecule has 1 atom stereocenters. The average molecular weight is 200 g/mol. The van der Waals surface area contributed by atoms with Gasteiger partial charge in [0.05, 0.1) is 0 Å². The fourth-order valence-corrected chi connectivity index (χ4v) is 2.08. The van der Waals surface area contributed by atoms with Crippen LogP contribution in [0.5, 0.6) is 0 Å². The second-order valence-corrected chi connectivity index (χ2v) is 4.62. The fraction of sp³-hybridized carbons (Fsp3) is 0.357. The first-order valence-corrected chi connectivity index (χ1v) is 5.44. The van der Waals surface area contributed by atoms with E-state index in [2.05, 4.69) is 37.3 Å². The molecular weight excluding hydrogens is 184 g/mol. The van der Waals surface area contributed by atoms with Crippen LogP contribution in [0.25, 0.3) is 0 Å². The zero-order chi connectivity index (χ0) is 10.7. The number of allylic oxidation sites excluding steroid dienone is 2. The largest absolute Gasteiger partial charge is 0.295 e. The summed E-state index contributed by atoms with van der Waals surface area (Å²) in [4.78, 5) is 11.1. The second kappa shape index (κ2) is 4.01. The molecule has 0 heterocycles. The Hall–Kier alpha value is -1.37. The summed E-state index contributed by atoms with van der Waals surface area (Å²) in [7, 11) is 0. The van der Waals surface area contributed by atoms with Crippen molar-refractivity contribution in [1.29, 1.82) is 0 Å². The quantitative estimate of drug-likeness (QED) is 0.716. The summed E-state index contributed by atoms with van der Waals surface area (Å²) in [5.41, 5.74) is 1.51. The highest BCUT2D eigenvalue weighted by molar-refractivity contribution is 5.90. The molecule has 0 bridgehead atoms. The Morgan fingerprint density at radius 3 is 2.60 bits per heavy atom. The van der Waals surface area contributed by atoms with E-state index in [4.69, 9.17) is 0 Å². The molecule has 15 heavy (non-hydrogen) atoms. The van der Waals surface area contributed by atoms with E-state index in [0.29, 0.717) is 6.42 Å². The van der Waals surface area contributed by atoms with Gasteiger partial charge >= 0.3 is 0 Å². The van der Waals surface area contributed by atoms with Gasteiger partial charge < -0.3 is 0 Å². The molecule has 0 aliphatic heterocycles. The van der Waals surface area contributed by atoms with E-state index in [0.717, 1.165) is 12.8 Å². The van der Waals surface area contributed by atoms with Crippen LogP contribution in [0.15, 0.2) is 42.5 Å². The van der Waals surface area contributed by atoms with E-state index in [1.165, 1.54) is 5.56 Å². The third kappa shape index (κ3) is 2.56. The van der Waals surface area contributed by atoms with Crippen LogP contribution in [0, 0.1) is 5.41 Å². The lowest BCUT2D eigenvalue weighted by Gasteiger charge is -2.28. The molecule has 0 fully saturated rings. The maximum absolute atomic E-state index is 11.1. The Kier molecular flexibility index (Phi) is 2.72. The lowest BCUT2D eigenvalue weighted by atomic mass is 9.76. The Balaban J connectivity index is 2.12. The van der Waals surface area contributed by atoms with Crippen molar-refractivity contribution < 1.29 is 4.79 Å². The number of hydrogen-bond acceptors (Lipinski definition) is 1. The highest BCUT2D eigenvalue weighted by atomic mass is 16.1. The average Bonchev–Trinajstić information content (AvgIpc) is 2.24. The van der Waals surface area contributed by atoms with Crippen LogP contribution in [-0.4, -0.2) is 5.78 Å². The Morgan fingerprint density at radius 2 is 2.00 bits per heavy atom. The van der Waals surface area contributed by atoms with Crippen molar-refractivity contribution in [2.75, 3.05) is 0 Å². The van der Waals surface area contributed by atoms with Gasteiger partial charge in [-0.1, -0.05) is 43.3 Å². The number of carbonyl (C=O) groups excluding carboxylic acids is 1. The van der Waals surface area contributed by atoms with Crippen LogP contribution in [-0.2, 0) is 11.2 Å². The van der Waals surface area contributed by atoms with Gasteiger partial charge in [-0.15, -0.1) is 0 Å². The van der Waals surface area contributed by atoms with E-state index in [1.54, 1.807) is 6.08 Å². The summed E-state index contributed by atoms with van der Waals surface area (Å²) in [6.07, 6.45) is 6.51. The van der Waals surface area contributed by atoms with Crippen LogP contribution in [0.2, 0.25) is 0 Å². The predicted octanol–water partition coefficient (Wildman–Crippen LogP) is 3.15. The zero-order valence-electron chi connectivity index (χ0n) is 9.07. The molecule has 0 spiro atoms. The number of rotatable bonds is 2. The third-order valence-electron chi connectivity index (χ3n) is 3.06. The van der Waals surface area contributed by atoms with Crippen LogP contribution < -0.4 is 0 Å². The first kappa shape index (κ1) is 10.2. The van der Waals surface area contributed by atoms with E-state index >= 15 is 0 Å². The van der Waals surface area contributed by atoms with Gasteiger partial charge in [0.15, 0.2) is 5.78 Å². The molecule has 78 valence electrons. The highest BCUT2D eigenvalue weighted by Crippen LogP contribution is 2.32. The van der Waals surface area contributed by atoms with E-state index in [9.17, 15) is 4.79 Å². The van der Waals surface area contributed by atoms with Crippen molar-refractivity contribution in [2.45, 2.75) is 26.2 Å². The second-order valence-electron chi connectivity index (χ2n) is 4.62. The number of ketones is 1. The lowest BCUT2D eigenvalue weighted by molar-refractivity contribution is -0.115. The molecule has 2 rings (SSSR count). The van der Waals surface area contributed by atoms with Crippen LogP contribution in [0.3, 0.4) is 0 Å². The van der Waals surface area contributed by atoms with Crippen molar-refractivity contribution in [3.8, 4) is 0 Å². The molecule has 0 saturated heterocycles. The summed E-state index contributed by atoms with van der Waals surface area (Å²) >= 11 is 0. The van der Waals surface area contributed by atoms with E-state index in [-0.39, 0.29) is 11.2 Å². The number of hydrogen-bond donors (Lipinski definition) is 0. The van der Waals surface area contributed by atoms with Crippen molar-refractivity contribution in [1.82, 2.24) is 0 Å². The molecule has 1 aliphatic carbocycles. The molecule has 1 aromatic carbocycles. The minimum atomic E-state index is 0.162. The maximum Gasteiger partial charge on any atom is 0.155 e. The van der Waals surface area contributed by atoms with Gasteiger partial charge in [0, 0.05) is 6.42 Å². The molecule has 1 heteroatoms. The molecule has 1 aliphatic rings. The van der Waals surface area contributed by atoms with Gasteiger partial charge in [-0.2, -0.15) is 0 Å². The Bertz CT molecular complexity index is 378. The molecule has 1 nitrogen and oxygen atoms in total. The number of carbonyl (C=O) groups is 1. The third-order valence-corrected chi connectivity index (χ3v) is 3.06. The summed E-state index contributed by atoms with van der Waals surface area (Å²) in [6, 6.07) is 10.5. The van der Waals surface area contributed by atoms with Gasteiger partial charge in [0.25, 0.3) is 0 Å². The smallest absolute Gasteiger partial charge is 0.155 e. The summed E-state index contributed by atoms with van der Waals surface area (Å²) < 4.78 is 0. The SMILES string of the molecule is C[C@@]1(Cc2ccccc2)C=CC(=O)CC1. The molecular formula is C14H16O. The first-order valence-electron chi connectivity index (χ1n) is 5.44. The maximum atomic E-state index is 11.1. The van der Waals surface area contributed by atoms with Gasteiger partial charge in [-0.05, 0) is 29.9 Å². The highest BCUT2D eigenvalue weighted by Gasteiger charge is 2.25. The summed E-state index contributed by atoms with van der Waals surface area (Å²) in [6.45, 7) is 2.23. The van der Waals surface area contributed by atoms with Crippen molar-refractivity contribution in [2.24, 2.45) is 5.41 Å². The van der Waals surface area contributed by atoms with Crippen molar-refractivity contribution in [3.05, 3.63) is 48.0 Å². The lowest BCUT2D eigenvalue weighted by Crippen LogP contribution is -2.21. The molecule has 0 N–H and O–H groups in total. The van der Waals surface area contributed by atoms with Crippen molar-refractivity contribution in [3.63, 3.8) is 0 Å². The molecule has 0 aromatic heterocycles. The molecule has 0 unspecified atom stereocenters. The van der Waals surface area contributed by atoms with E-state index in [1.807, 2.05) is 6.07 Å². The normalized spacial score (nSPS) is 25.5. The van der Waals surface area contributed by atoms with E-state index < -0.39 is 0 Å². The molecule has 0 saturated carbocycles. The van der Waals surface area contributed by atoms with Crippen molar-refractivity contribution >= 4 is 5.78 Å². The summed E-state index contributed by atoms with van der Waals surface area (Å²) in [5, 5.41) is 0.